The van der Waals surface area contributed by atoms with Crippen molar-refractivity contribution in [1.82, 2.24) is 9.97 Å². The lowest BCUT2D eigenvalue weighted by atomic mass is 9.94. The van der Waals surface area contributed by atoms with Crippen LogP contribution in [-0.4, -0.2) is 26.8 Å². The zero-order valence-electron chi connectivity index (χ0n) is 17.7. The SMILES string of the molecule is O=C1C(=O)N(c2cccc(F)c2)C(c2c[nH]c3ccccc23)/C1=C(\O)c1c[nH]c2ccccc12. The number of hydrogen-bond donors (Lipinski definition) is 3. The maximum atomic E-state index is 14.1. The van der Waals surface area contributed by atoms with E-state index >= 15 is 0 Å². The first-order chi connectivity index (χ1) is 16.5. The van der Waals surface area contributed by atoms with Crippen LogP contribution in [0.1, 0.15) is 17.2 Å². The number of nitrogens with one attached hydrogen (secondary N) is 2. The average molecular weight is 451 g/mol. The molecule has 0 bridgehead atoms. The summed E-state index contributed by atoms with van der Waals surface area (Å²) in [5.41, 5.74) is 2.82. The van der Waals surface area contributed by atoms with E-state index in [1.165, 1.54) is 23.1 Å². The quantitative estimate of drug-likeness (QED) is 0.195. The molecule has 0 spiro atoms. The van der Waals surface area contributed by atoms with E-state index in [1.54, 1.807) is 18.5 Å². The molecule has 1 amide bonds. The fraction of sp³-hybridized carbons (Fsp3) is 0.0370. The number of fused-ring (bicyclic) bond motifs is 2. The van der Waals surface area contributed by atoms with E-state index in [-0.39, 0.29) is 17.0 Å². The summed E-state index contributed by atoms with van der Waals surface area (Å²) >= 11 is 0. The van der Waals surface area contributed by atoms with Crippen molar-refractivity contribution < 1.29 is 19.1 Å². The Morgan fingerprint density at radius 1 is 0.853 bits per heavy atom. The highest BCUT2D eigenvalue weighted by Gasteiger charge is 2.48. The van der Waals surface area contributed by atoms with Crippen LogP contribution in [0.15, 0.2) is 90.8 Å². The second-order valence-electron chi connectivity index (χ2n) is 8.19. The number of rotatable bonds is 3. The predicted molar refractivity (Wildman–Crippen MR) is 128 cm³/mol. The lowest BCUT2D eigenvalue weighted by molar-refractivity contribution is -0.132. The minimum atomic E-state index is -0.952. The summed E-state index contributed by atoms with van der Waals surface area (Å²) in [6, 6.07) is 19.4. The number of carbonyl (C=O) groups excluding carboxylic acids is 2. The number of aliphatic hydroxyl groups excluding tert-OH is 1. The Kier molecular flexibility index (Phi) is 4.38. The molecular formula is C27H18FN3O3. The molecule has 3 N–H and O–H groups in total. The number of Topliss-reactive ketones (excluding diaryl/α,β-unsaturated/α-hetero) is 1. The number of amides is 1. The van der Waals surface area contributed by atoms with Gasteiger partial charge < -0.3 is 15.1 Å². The summed E-state index contributed by atoms with van der Waals surface area (Å²) < 4.78 is 14.1. The maximum Gasteiger partial charge on any atom is 0.300 e. The molecule has 2 aromatic heterocycles. The number of halogens is 1. The van der Waals surface area contributed by atoms with Crippen molar-refractivity contribution in [1.29, 1.82) is 0 Å². The number of benzene rings is 3. The molecule has 1 fully saturated rings. The second-order valence-corrected chi connectivity index (χ2v) is 8.19. The predicted octanol–water partition coefficient (Wildman–Crippen LogP) is 5.41. The highest BCUT2D eigenvalue weighted by atomic mass is 19.1. The van der Waals surface area contributed by atoms with Crippen LogP contribution in [-0.2, 0) is 9.59 Å². The fourth-order valence-corrected chi connectivity index (χ4v) is 4.75. The molecule has 1 unspecified atom stereocenters. The van der Waals surface area contributed by atoms with Crippen LogP contribution in [0.4, 0.5) is 10.1 Å². The first kappa shape index (κ1) is 20.0. The summed E-state index contributed by atoms with van der Waals surface area (Å²) in [4.78, 5) is 34.2. The Morgan fingerprint density at radius 2 is 1.53 bits per heavy atom. The Morgan fingerprint density at radius 3 is 2.29 bits per heavy atom. The molecule has 34 heavy (non-hydrogen) atoms. The van der Waals surface area contributed by atoms with Crippen LogP contribution >= 0.6 is 0 Å². The number of hydrogen-bond acceptors (Lipinski definition) is 3. The van der Waals surface area contributed by atoms with Gasteiger partial charge in [-0.3, -0.25) is 14.5 Å². The minimum absolute atomic E-state index is 0.0521. The molecule has 6 rings (SSSR count). The smallest absolute Gasteiger partial charge is 0.300 e. The van der Waals surface area contributed by atoms with Crippen molar-refractivity contribution in [2.45, 2.75) is 6.04 Å². The zero-order chi connectivity index (χ0) is 23.4. The zero-order valence-corrected chi connectivity index (χ0v) is 17.7. The maximum absolute atomic E-state index is 14.1. The third kappa shape index (κ3) is 2.87. The van der Waals surface area contributed by atoms with Gasteiger partial charge in [-0.05, 0) is 30.3 Å². The van der Waals surface area contributed by atoms with Gasteiger partial charge in [0.1, 0.15) is 11.6 Å². The van der Waals surface area contributed by atoms with Gasteiger partial charge in [0.05, 0.1) is 11.6 Å². The van der Waals surface area contributed by atoms with E-state index in [0.29, 0.717) is 11.1 Å². The number of para-hydroxylation sites is 2. The van der Waals surface area contributed by atoms with Crippen molar-refractivity contribution in [2.75, 3.05) is 4.90 Å². The Bertz CT molecular complexity index is 1650. The van der Waals surface area contributed by atoms with Gasteiger partial charge in [0.15, 0.2) is 0 Å². The molecule has 1 saturated heterocycles. The third-order valence-electron chi connectivity index (χ3n) is 6.29. The van der Waals surface area contributed by atoms with Crippen molar-refractivity contribution >= 4 is 44.9 Å². The highest BCUT2D eigenvalue weighted by Crippen LogP contribution is 2.44. The first-order valence-corrected chi connectivity index (χ1v) is 10.7. The number of aromatic nitrogens is 2. The fourth-order valence-electron chi connectivity index (χ4n) is 4.75. The standard InChI is InChI=1S/C27H18FN3O3/c28-15-6-5-7-16(12-15)31-24(19-13-29-21-10-3-1-8-17(19)21)23(26(33)27(31)34)25(32)20-14-30-22-11-4-2-9-18(20)22/h1-14,24,29-30,32H/b25-23+. The van der Waals surface area contributed by atoms with E-state index in [0.717, 1.165) is 21.8 Å². The molecule has 1 aliphatic rings. The Balaban J connectivity index is 1.65. The van der Waals surface area contributed by atoms with Crippen LogP contribution in [0.2, 0.25) is 0 Å². The summed E-state index contributed by atoms with van der Waals surface area (Å²) in [6.45, 7) is 0. The summed E-state index contributed by atoms with van der Waals surface area (Å²) in [6.07, 6.45) is 3.33. The van der Waals surface area contributed by atoms with Crippen molar-refractivity contribution in [3.05, 3.63) is 108 Å². The molecule has 1 aliphatic heterocycles. The number of aromatic amines is 2. The molecule has 3 heterocycles. The first-order valence-electron chi connectivity index (χ1n) is 10.7. The van der Waals surface area contributed by atoms with Crippen molar-refractivity contribution in [2.24, 2.45) is 0 Å². The number of H-pyrrole nitrogens is 2. The van der Waals surface area contributed by atoms with Crippen LogP contribution < -0.4 is 4.90 Å². The van der Waals surface area contributed by atoms with Crippen LogP contribution in [0.3, 0.4) is 0 Å². The molecular weight excluding hydrogens is 433 g/mol. The third-order valence-corrected chi connectivity index (χ3v) is 6.29. The van der Waals surface area contributed by atoms with Gasteiger partial charge in [0, 0.05) is 51.0 Å². The van der Waals surface area contributed by atoms with Gasteiger partial charge in [-0.25, -0.2) is 4.39 Å². The van der Waals surface area contributed by atoms with Gasteiger partial charge in [-0.2, -0.15) is 0 Å². The molecule has 0 aliphatic carbocycles. The van der Waals surface area contributed by atoms with Crippen molar-refractivity contribution in [3.8, 4) is 0 Å². The number of anilines is 1. The summed E-state index contributed by atoms with van der Waals surface area (Å²) in [5.74, 6) is -2.48. The number of nitrogens with zero attached hydrogens (tertiary/aromatic N) is 1. The minimum Gasteiger partial charge on any atom is -0.507 e. The molecule has 7 heteroatoms. The second kappa shape index (κ2) is 7.45. The molecule has 3 aromatic carbocycles. The van der Waals surface area contributed by atoms with Crippen molar-refractivity contribution in [3.63, 3.8) is 0 Å². The number of aliphatic hydroxyl groups is 1. The Hall–Kier alpha value is -4.65. The highest BCUT2D eigenvalue weighted by molar-refractivity contribution is 6.52. The molecule has 0 radical (unpaired) electrons. The molecule has 166 valence electrons. The topological polar surface area (TPSA) is 89.2 Å². The lowest BCUT2D eigenvalue weighted by Gasteiger charge is -2.25. The largest absolute Gasteiger partial charge is 0.507 e. The van der Waals surface area contributed by atoms with E-state index in [9.17, 15) is 19.1 Å². The van der Waals surface area contributed by atoms with Gasteiger partial charge in [0.2, 0.25) is 0 Å². The molecule has 0 saturated carbocycles. The normalized spacial score (nSPS) is 17.8. The lowest BCUT2D eigenvalue weighted by Crippen LogP contribution is -2.29. The van der Waals surface area contributed by atoms with Gasteiger partial charge in [-0.1, -0.05) is 42.5 Å². The van der Waals surface area contributed by atoms with E-state index in [1.807, 2.05) is 48.5 Å². The monoisotopic (exact) mass is 451 g/mol. The molecule has 6 nitrogen and oxygen atoms in total. The molecule has 1 atom stereocenters. The van der Waals surface area contributed by atoms with Crippen LogP contribution in [0.5, 0.6) is 0 Å². The number of carbonyl (C=O) groups is 2. The van der Waals surface area contributed by atoms with E-state index in [4.69, 9.17) is 0 Å². The Labute approximate surface area is 192 Å². The van der Waals surface area contributed by atoms with Gasteiger partial charge in [0.25, 0.3) is 11.7 Å². The van der Waals surface area contributed by atoms with E-state index in [2.05, 4.69) is 9.97 Å². The van der Waals surface area contributed by atoms with Gasteiger partial charge in [-0.15, -0.1) is 0 Å². The van der Waals surface area contributed by atoms with Gasteiger partial charge >= 0.3 is 0 Å². The average Bonchev–Trinajstić information content (AvgIpc) is 3.53. The number of ketones is 1. The summed E-state index contributed by atoms with van der Waals surface area (Å²) in [5, 5.41) is 12.9. The summed E-state index contributed by atoms with van der Waals surface area (Å²) in [7, 11) is 0. The van der Waals surface area contributed by atoms with Crippen LogP contribution in [0, 0.1) is 5.82 Å². The van der Waals surface area contributed by atoms with Crippen LogP contribution in [0.25, 0.3) is 27.6 Å². The van der Waals surface area contributed by atoms with E-state index < -0.39 is 23.5 Å². The molecule has 5 aromatic rings.